The Balaban J connectivity index is 2.93. The monoisotopic (exact) mass is 277 g/mol. The van der Waals surface area contributed by atoms with E-state index in [0.29, 0.717) is 0 Å². The lowest BCUT2D eigenvalue weighted by molar-refractivity contribution is -0.145. The lowest BCUT2D eigenvalue weighted by atomic mass is 10.1. The second-order valence-electron chi connectivity index (χ2n) is 4.17. The Labute approximate surface area is 108 Å². The van der Waals surface area contributed by atoms with E-state index in [1.807, 2.05) is 0 Å². The standard InChI is InChI=1S/C12H14F3NO3/c1-11(16-2,10(17)18)7-19-9-6-4-3-5-8(9)12(13,14)15/h3-6,16H,7H2,1-2H3,(H,17,18). The summed E-state index contributed by atoms with van der Waals surface area (Å²) in [5, 5.41) is 11.5. The molecule has 1 rings (SSSR count). The minimum atomic E-state index is -4.55. The molecule has 0 saturated heterocycles. The molecular formula is C12H14F3NO3. The summed E-state index contributed by atoms with van der Waals surface area (Å²) in [6.07, 6.45) is -4.55. The van der Waals surface area contributed by atoms with Gasteiger partial charge in [0, 0.05) is 0 Å². The molecule has 0 aliphatic rings. The van der Waals surface area contributed by atoms with Crippen molar-refractivity contribution in [3.8, 4) is 5.75 Å². The van der Waals surface area contributed by atoms with Crippen LogP contribution in [0.2, 0.25) is 0 Å². The maximum Gasteiger partial charge on any atom is 0.419 e. The first kappa shape index (κ1) is 15.3. The van der Waals surface area contributed by atoms with Crippen molar-refractivity contribution in [2.24, 2.45) is 0 Å². The highest BCUT2D eigenvalue weighted by Gasteiger charge is 2.36. The third-order valence-corrected chi connectivity index (χ3v) is 2.73. The van der Waals surface area contributed by atoms with Crippen molar-refractivity contribution < 1.29 is 27.8 Å². The van der Waals surface area contributed by atoms with Crippen LogP contribution in [-0.4, -0.2) is 30.3 Å². The van der Waals surface area contributed by atoms with Crippen LogP contribution in [0.4, 0.5) is 13.2 Å². The Kier molecular flexibility index (Phi) is 4.41. The van der Waals surface area contributed by atoms with Gasteiger partial charge in [0.1, 0.15) is 17.9 Å². The number of carboxylic acid groups (broad SMARTS) is 1. The Morgan fingerprint density at radius 1 is 1.37 bits per heavy atom. The van der Waals surface area contributed by atoms with Crippen LogP contribution in [0.5, 0.6) is 5.75 Å². The third kappa shape index (κ3) is 3.60. The van der Waals surface area contributed by atoms with Gasteiger partial charge in [0.25, 0.3) is 0 Å². The van der Waals surface area contributed by atoms with E-state index < -0.39 is 35.6 Å². The number of ether oxygens (including phenoxy) is 1. The van der Waals surface area contributed by atoms with E-state index in [9.17, 15) is 18.0 Å². The molecule has 0 heterocycles. The Hall–Kier alpha value is -1.76. The van der Waals surface area contributed by atoms with Gasteiger partial charge in [-0.05, 0) is 26.1 Å². The molecule has 0 amide bonds. The van der Waals surface area contributed by atoms with E-state index in [1.54, 1.807) is 0 Å². The van der Waals surface area contributed by atoms with Crippen LogP contribution in [0, 0.1) is 0 Å². The Morgan fingerprint density at radius 3 is 2.42 bits per heavy atom. The lowest BCUT2D eigenvalue weighted by Crippen LogP contribution is -2.52. The Morgan fingerprint density at radius 2 is 1.95 bits per heavy atom. The largest absolute Gasteiger partial charge is 0.490 e. The summed E-state index contributed by atoms with van der Waals surface area (Å²) in [6, 6.07) is 4.67. The number of carboxylic acids is 1. The van der Waals surface area contributed by atoms with Crippen LogP contribution < -0.4 is 10.1 Å². The number of carbonyl (C=O) groups is 1. The van der Waals surface area contributed by atoms with Crippen molar-refractivity contribution in [2.45, 2.75) is 18.6 Å². The molecule has 19 heavy (non-hydrogen) atoms. The highest BCUT2D eigenvalue weighted by Crippen LogP contribution is 2.36. The van der Waals surface area contributed by atoms with E-state index >= 15 is 0 Å². The molecule has 0 aromatic heterocycles. The van der Waals surface area contributed by atoms with Crippen molar-refractivity contribution in [1.29, 1.82) is 0 Å². The molecule has 0 fully saturated rings. The first-order chi connectivity index (χ1) is 8.70. The van der Waals surface area contributed by atoms with E-state index in [4.69, 9.17) is 9.84 Å². The average Bonchev–Trinajstić information content (AvgIpc) is 2.35. The van der Waals surface area contributed by atoms with Gasteiger partial charge in [-0.15, -0.1) is 0 Å². The number of nitrogens with one attached hydrogen (secondary N) is 1. The number of benzene rings is 1. The highest BCUT2D eigenvalue weighted by atomic mass is 19.4. The molecule has 0 aliphatic carbocycles. The minimum Gasteiger partial charge on any atom is -0.490 e. The number of rotatable bonds is 5. The maximum absolute atomic E-state index is 12.7. The van der Waals surface area contributed by atoms with Gasteiger partial charge in [-0.2, -0.15) is 13.2 Å². The smallest absolute Gasteiger partial charge is 0.419 e. The van der Waals surface area contributed by atoms with Crippen LogP contribution >= 0.6 is 0 Å². The molecule has 106 valence electrons. The van der Waals surface area contributed by atoms with Crippen molar-refractivity contribution in [3.05, 3.63) is 29.8 Å². The van der Waals surface area contributed by atoms with Gasteiger partial charge in [0.05, 0.1) is 5.56 Å². The fourth-order valence-corrected chi connectivity index (χ4v) is 1.29. The number of likely N-dealkylation sites (N-methyl/N-ethyl adjacent to an activating group) is 1. The first-order valence-electron chi connectivity index (χ1n) is 5.42. The molecule has 0 saturated carbocycles. The van der Waals surface area contributed by atoms with Gasteiger partial charge in [-0.1, -0.05) is 12.1 Å². The SMILES string of the molecule is CNC(C)(COc1ccccc1C(F)(F)F)C(=O)O. The normalized spacial score (nSPS) is 14.8. The zero-order valence-electron chi connectivity index (χ0n) is 10.4. The second-order valence-corrected chi connectivity index (χ2v) is 4.17. The topological polar surface area (TPSA) is 58.6 Å². The quantitative estimate of drug-likeness (QED) is 0.865. The molecule has 7 heteroatoms. The van der Waals surface area contributed by atoms with E-state index in [0.717, 1.165) is 12.1 Å². The van der Waals surface area contributed by atoms with Crippen molar-refractivity contribution in [2.75, 3.05) is 13.7 Å². The first-order valence-corrected chi connectivity index (χ1v) is 5.42. The van der Waals surface area contributed by atoms with Crippen LogP contribution in [0.25, 0.3) is 0 Å². The maximum atomic E-state index is 12.7. The average molecular weight is 277 g/mol. The molecule has 0 bridgehead atoms. The van der Waals surface area contributed by atoms with Gasteiger partial charge >= 0.3 is 12.1 Å². The zero-order valence-corrected chi connectivity index (χ0v) is 10.4. The summed E-state index contributed by atoms with van der Waals surface area (Å²) < 4.78 is 43.1. The van der Waals surface area contributed by atoms with Gasteiger partial charge in [-0.25, -0.2) is 0 Å². The van der Waals surface area contributed by atoms with E-state index in [2.05, 4.69) is 5.32 Å². The van der Waals surface area contributed by atoms with Crippen molar-refractivity contribution >= 4 is 5.97 Å². The number of halogens is 3. The molecule has 0 aliphatic heterocycles. The summed E-state index contributed by atoms with van der Waals surface area (Å²) in [5.74, 6) is -1.60. The van der Waals surface area contributed by atoms with Crippen molar-refractivity contribution in [3.63, 3.8) is 0 Å². The van der Waals surface area contributed by atoms with Gasteiger partial charge < -0.3 is 15.2 Å². The molecule has 1 unspecified atom stereocenters. The van der Waals surface area contributed by atoms with Gasteiger partial charge in [0.2, 0.25) is 0 Å². The number of alkyl halides is 3. The molecule has 4 nitrogen and oxygen atoms in total. The number of aliphatic carboxylic acids is 1. The van der Waals surface area contributed by atoms with Crippen LogP contribution in [-0.2, 0) is 11.0 Å². The molecular weight excluding hydrogens is 263 g/mol. The lowest BCUT2D eigenvalue weighted by Gasteiger charge is -2.25. The van der Waals surface area contributed by atoms with E-state index in [1.165, 1.54) is 26.1 Å². The number of hydrogen-bond donors (Lipinski definition) is 2. The molecule has 0 radical (unpaired) electrons. The second kappa shape index (κ2) is 5.48. The summed E-state index contributed by atoms with van der Waals surface area (Å²) >= 11 is 0. The molecule has 1 atom stereocenters. The Bertz CT molecular complexity index is 462. The number of hydrogen-bond acceptors (Lipinski definition) is 3. The highest BCUT2D eigenvalue weighted by molar-refractivity contribution is 5.78. The summed E-state index contributed by atoms with van der Waals surface area (Å²) in [5.41, 5.74) is -2.39. The van der Waals surface area contributed by atoms with Crippen LogP contribution in [0.3, 0.4) is 0 Å². The summed E-state index contributed by atoms with van der Waals surface area (Å²) in [4.78, 5) is 11.0. The third-order valence-electron chi connectivity index (χ3n) is 2.73. The predicted octanol–water partition coefficient (Wildman–Crippen LogP) is 2.15. The van der Waals surface area contributed by atoms with Gasteiger partial charge in [0.15, 0.2) is 0 Å². The fraction of sp³-hybridized carbons (Fsp3) is 0.417. The summed E-state index contributed by atoms with van der Waals surface area (Å²) in [7, 11) is 1.40. The predicted molar refractivity (Wildman–Crippen MR) is 62.0 cm³/mol. The molecule has 0 spiro atoms. The van der Waals surface area contributed by atoms with Crippen molar-refractivity contribution in [1.82, 2.24) is 5.32 Å². The molecule has 2 N–H and O–H groups in total. The van der Waals surface area contributed by atoms with Crippen LogP contribution in [0.1, 0.15) is 12.5 Å². The van der Waals surface area contributed by atoms with E-state index in [-0.39, 0.29) is 0 Å². The van der Waals surface area contributed by atoms with Gasteiger partial charge in [-0.3, -0.25) is 4.79 Å². The minimum absolute atomic E-state index is 0.391. The number of para-hydroxylation sites is 1. The molecule has 1 aromatic carbocycles. The summed E-state index contributed by atoms with van der Waals surface area (Å²) in [6.45, 7) is 0.900. The zero-order chi connectivity index (χ0) is 14.7. The van der Waals surface area contributed by atoms with Crippen LogP contribution in [0.15, 0.2) is 24.3 Å². The molecule has 1 aromatic rings. The fourth-order valence-electron chi connectivity index (χ4n) is 1.29.